The first-order chi connectivity index (χ1) is 9.96. The number of halogens is 4. The normalized spacial score (nSPS) is 15.0. The van der Waals surface area contributed by atoms with Crippen molar-refractivity contribution in [2.75, 3.05) is 13.7 Å². The van der Waals surface area contributed by atoms with E-state index in [0.717, 1.165) is 24.4 Å². The molecule has 124 valence electrons. The summed E-state index contributed by atoms with van der Waals surface area (Å²) in [6, 6.07) is 7.01. The summed E-state index contributed by atoms with van der Waals surface area (Å²) >= 11 is 0. The van der Waals surface area contributed by atoms with Crippen molar-refractivity contribution in [3.8, 4) is 5.75 Å². The number of aliphatic imine (C=N–C) groups is 1. The summed E-state index contributed by atoms with van der Waals surface area (Å²) in [5.41, 5.74) is 0.938. The highest BCUT2D eigenvalue weighted by Gasteiger charge is 2.28. The second kappa shape index (κ2) is 8.44. The lowest BCUT2D eigenvalue weighted by molar-refractivity contribution is -0.153. The van der Waals surface area contributed by atoms with Crippen molar-refractivity contribution in [3.05, 3.63) is 29.8 Å². The van der Waals surface area contributed by atoms with E-state index in [2.05, 4.69) is 20.4 Å². The minimum Gasteiger partial charge on any atom is -0.484 e. The molecule has 0 aliphatic heterocycles. The number of hydrogen-bond acceptors (Lipinski definition) is 2. The highest BCUT2D eigenvalue weighted by molar-refractivity contribution is 14.0. The molecule has 4 nitrogen and oxygen atoms in total. The van der Waals surface area contributed by atoms with Gasteiger partial charge in [0.2, 0.25) is 0 Å². The van der Waals surface area contributed by atoms with Crippen LogP contribution in [0.15, 0.2) is 29.3 Å². The lowest BCUT2D eigenvalue weighted by Gasteiger charge is -2.12. The Hall–Kier alpha value is -1.19. The molecule has 1 saturated carbocycles. The fourth-order valence-electron chi connectivity index (χ4n) is 1.67. The highest BCUT2D eigenvalue weighted by atomic mass is 127. The van der Waals surface area contributed by atoms with Gasteiger partial charge in [-0.1, -0.05) is 12.1 Å². The maximum Gasteiger partial charge on any atom is 0.422 e. The molecule has 0 unspecified atom stereocenters. The fourth-order valence-corrected chi connectivity index (χ4v) is 1.67. The van der Waals surface area contributed by atoms with E-state index >= 15 is 0 Å². The van der Waals surface area contributed by atoms with Gasteiger partial charge in [0.15, 0.2) is 12.6 Å². The summed E-state index contributed by atoms with van der Waals surface area (Å²) in [5.74, 6) is 0.937. The van der Waals surface area contributed by atoms with Gasteiger partial charge in [-0.25, -0.2) is 0 Å². The molecule has 0 aromatic heterocycles. The van der Waals surface area contributed by atoms with Crippen LogP contribution in [0, 0.1) is 0 Å². The first kappa shape index (κ1) is 18.9. The van der Waals surface area contributed by atoms with Gasteiger partial charge in [0.1, 0.15) is 5.75 Å². The molecule has 0 heterocycles. The summed E-state index contributed by atoms with van der Waals surface area (Å²) in [6.45, 7) is -0.728. The van der Waals surface area contributed by atoms with Crippen LogP contribution in [0.1, 0.15) is 18.4 Å². The number of benzene rings is 1. The Morgan fingerprint density at radius 2 is 1.91 bits per heavy atom. The van der Waals surface area contributed by atoms with Crippen LogP contribution >= 0.6 is 24.0 Å². The van der Waals surface area contributed by atoms with Crippen LogP contribution < -0.4 is 15.4 Å². The van der Waals surface area contributed by atoms with Crippen LogP contribution in [0.4, 0.5) is 13.2 Å². The van der Waals surface area contributed by atoms with Crippen molar-refractivity contribution in [2.45, 2.75) is 31.6 Å². The Kier molecular flexibility index (Phi) is 7.24. The average molecular weight is 429 g/mol. The summed E-state index contributed by atoms with van der Waals surface area (Å²) in [7, 11) is 1.70. The summed E-state index contributed by atoms with van der Waals surface area (Å²) in [4.78, 5) is 4.10. The molecule has 8 heteroatoms. The van der Waals surface area contributed by atoms with Gasteiger partial charge in [-0.15, -0.1) is 24.0 Å². The van der Waals surface area contributed by atoms with Crippen molar-refractivity contribution in [2.24, 2.45) is 4.99 Å². The second-order valence-corrected chi connectivity index (χ2v) is 4.89. The summed E-state index contributed by atoms with van der Waals surface area (Å²) < 4.78 is 40.7. The SMILES string of the molecule is CN=C(NCc1ccc(OCC(F)(F)F)cc1)NC1CC1.I. The number of rotatable bonds is 5. The van der Waals surface area contributed by atoms with Crippen LogP contribution in [-0.4, -0.2) is 31.8 Å². The van der Waals surface area contributed by atoms with Crippen LogP contribution in [-0.2, 0) is 6.54 Å². The molecule has 1 aliphatic rings. The van der Waals surface area contributed by atoms with Crippen molar-refractivity contribution < 1.29 is 17.9 Å². The minimum atomic E-state index is -4.32. The number of guanidine groups is 1. The number of hydrogen-bond donors (Lipinski definition) is 2. The zero-order valence-corrected chi connectivity index (χ0v) is 14.4. The largest absolute Gasteiger partial charge is 0.484 e. The molecule has 0 saturated heterocycles. The number of alkyl halides is 3. The van der Waals surface area contributed by atoms with Crippen LogP contribution in [0.2, 0.25) is 0 Å². The zero-order valence-electron chi connectivity index (χ0n) is 12.1. The van der Waals surface area contributed by atoms with E-state index in [0.29, 0.717) is 12.6 Å². The molecular formula is C14H19F3IN3O. The fraction of sp³-hybridized carbons (Fsp3) is 0.500. The van der Waals surface area contributed by atoms with E-state index < -0.39 is 12.8 Å². The van der Waals surface area contributed by atoms with Gasteiger partial charge in [0.05, 0.1) is 0 Å². The maximum atomic E-state index is 12.0. The van der Waals surface area contributed by atoms with E-state index in [1.807, 2.05) is 0 Å². The molecule has 1 fully saturated rings. The van der Waals surface area contributed by atoms with Gasteiger partial charge < -0.3 is 15.4 Å². The van der Waals surface area contributed by atoms with Crippen molar-refractivity contribution in [3.63, 3.8) is 0 Å². The second-order valence-electron chi connectivity index (χ2n) is 4.89. The van der Waals surface area contributed by atoms with E-state index in [4.69, 9.17) is 0 Å². The number of ether oxygens (including phenoxy) is 1. The molecule has 0 atom stereocenters. The van der Waals surface area contributed by atoms with Gasteiger partial charge >= 0.3 is 6.18 Å². The van der Waals surface area contributed by atoms with Crippen LogP contribution in [0.5, 0.6) is 5.75 Å². The van der Waals surface area contributed by atoms with Crippen molar-refractivity contribution in [1.82, 2.24) is 10.6 Å². The standard InChI is InChI=1S/C14H18F3N3O.HI/c1-18-13(20-11-4-5-11)19-8-10-2-6-12(7-3-10)21-9-14(15,16)17;/h2-3,6-7,11H,4-5,8-9H2,1H3,(H2,18,19,20);1H. The van der Waals surface area contributed by atoms with E-state index in [1.54, 1.807) is 19.2 Å². The van der Waals surface area contributed by atoms with Crippen LogP contribution in [0.3, 0.4) is 0 Å². The Balaban J connectivity index is 0.00000242. The highest BCUT2D eigenvalue weighted by Crippen LogP contribution is 2.19. The predicted molar refractivity (Wildman–Crippen MR) is 89.8 cm³/mol. The van der Waals surface area contributed by atoms with Gasteiger partial charge in [-0.05, 0) is 30.5 Å². The smallest absolute Gasteiger partial charge is 0.422 e. The first-order valence-corrected chi connectivity index (χ1v) is 6.72. The number of nitrogens with one attached hydrogen (secondary N) is 2. The molecular weight excluding hydrogens is 410 g/mol. The third kappa shape index (κ3) is 7.19. The topological polar surface area (TPSA) is 45.7 Å². The molecule has 2 N–H and O–H groups in total. The maximum absolute atomic E-state index is 12.0. The molecule has 1 aromatic rings. The molecule has 0 spiro atoms. The van der Waals surface area contributed by atoms with E-state index in [-0.39, 0.29) is 29.7 Å². The van der Waals surface area contributed by atoms with Gasteiger partial charge in [0, 0.05) is 19.6 Å². The lowest BCUT2D eigenvalue weighted by atomic mass is 10.2. The Morgan fingerprint density at radius 1 is 1.27 bits per heavy atom. The molecule has 0 amide bonds. The molecule has 2 rings (SSSR count). The minimum absolute atomic E-state index is 0. The van der Waals surface area contributed by atoms with Gasteiger partial charge in [-0.2, -0.15) is 13.2 Å². The van der Waals surface area contributed by atoms with E-state index in [9.17, 15) is 13.2 Å². The first-order valence-electron chi connectivity index (χ1n) is 6.72. The van der Waals surface area contributed by atoms with Gasteiger partial charge in [-0.3, -0.25) is 4.99 Å². The van der Waals surface area contributed by atoms with Crippen LogP contribution in [0.25, 0.3) is 0 Å². The summed E-state index contributed by atoms with van der Waals surface area (Å²) in [6.07, 6.45) is -2.00. The quantitative estimate of drug-likeness (QED) is 0.430. The van der Waals surface area contributed by atoms with Gasteiger partial charge in [0.25, 0.3) is 0 Å². The molecule has 22 heavy (non-hydrogen) atoms. The average Bonchev–Trinajstić information content (AvgIpc) is 3.25. The predicted octanol–water partition coefficient (Wildman–Crippen LogP) is 3.07. The molecule has 1 aromatic carbocycles. The Morgan fingerprint density at radius 3 is 2.41 bits per heavy atom. The third-order valence-corrected chi connectivity index (χ3v) is 2.93. The third-order valence-electron chi connectivity index (χ3n) is 2.93. The Bertz CT molecular complexity index is 487. The van der Waals surface area contributed by atoms with Crippen molar-refractivity contribution >= 4 is 29.9 Å². The van der Waals surface area contributed by atoms with E-state index in [1.165, 1.54) is 12.1 Å². The molecule has 0 radical (unpaired) electrons. The number of nitrogens with zero attached hydrogens (tertiary/aromatic N) is 1. The molecule has 1 aliphatic carbocycles. The summed E-state index contributed by atoms with van der Waals surface area (Å²) in [5, 5.41) is 6.40. The lowest BCUT2D eigenvalue weighted by Crippen LogP contribution is -2.38. The monoisotopic (exact) mass is 429 g/mol. The van der Waals surface area contributed by atoms with Crippen molar-refractivity contribution in [1.29, 1.82) is 0 Å². The molecule has 0 bridgehead atoms. The Labute approximate surface area is 144 Å². The zero-order chi connectivity index (χ0) is 15.3.